The van der Waals surface area contributed by atoms with Gasteiger partial charge in [-0.05, 0) is 60.7 Å². The molecule has 6 rings (SSSR count). The topological polar surface area (TPSA) is 138 Å². The fourth-order valence-corrected chi connectivity index (χ4v) is 7.93. The Morgan fingerprint density at radius 2 is 1.35 bits per heavy atom. The molecule has 0 radical (unpaired) electrons. The van der Waals surface area contributed by atoms with E-state index >= 15 is 0 Å². The molecule has 3 atom stereocenters. The molecule has 46 heavy (non-hydrogen) atoms. The molecule has 2 aliphatic rings. The third-order valence-electron chi connectivity index (χ3n) is 7.43. The molecule has 2 aliphatic heterocycles. The summed E-state index contributed by atoms with van der Waals surface area (Å²) in [6.07, 6.45) is -6.45. The largest absolute Gasteiger partial charge is 0.573 e. The summed E-state index contributed by atoms with van der Waals surface area (Å²) in [5.74, 6) is 0.251. The van der Waals surface area contributed by atoms with E-state index < -0.39 is 62.0 Å². The van der Waals surface area contributed by atoms with E-state index in [4.69, 9.17) is 4.74 Å². The second-order valence-electron chi connectivity index (χ2n) is 10.5. The van der Waals surface area contributed by atoms with Crippen LogP contribution in [-0.4, -0.2) is 63.9 Å². The van der Waals surface area contributed by atoms with E-state index in [1.165, 1.54) is 0 Å². The van der Waals surface area contributed by atoms with Crippen LogP contribution in [0.2, 0.25) is 0 Å². The van der Waals surface area contributed by atoms with Crippen molar-refractivity contribution < 1.29 is 44.6 Å². The third kappa shape index (κ3) is 6.61. The van der Waals surface area contributed by atoms with E-state index in [9.17, 15) is 35.1 Å². The number of aliphatic hydroxyl groups is 1. The molecule has 3 N–H and O–H groups in total. The van der Waals surface area contributed by atoms with Crippen molar-refractivity contribution in [2.45, 2.75) is 29.4 Å². The van der Waals surface area contributed by atoms with Gasteiger partial charge in [-0.3, -0.25) is 4.72 Å². The number of alkyl halides is 3. The first-order chi connectivity index (χ1) is 21.8. The zero-order valence-electron chi connectivity index (χ0n) is 23.7. The Morgan fingerprint density at radius 3 is 1.93 bits per heavy atom. The second-order valence-corrected chi connectivity index (χ2v) is 13.9. The normalized spacial score (nSPS) is 20.3. The molecule has 0 bridgehead atoms. The van der Waals surface area contributed by atoms with E-state index in [1.807, 2.05) is 0 Å². The number of aliphatic hydroxyl groups excluding tert-OH is 1. The van der Waals surface area contributed by atoms with Crippen molar-refractivity contribution in [3.8, 4) is 17.2 Å². The molecule has 1 saturated heterocycles. The Kier molecular flexibility index (Phi) is 8.32. The summed E-state index contributed by atoms with van der Waals surface area (Å²) < 4.78 is 108. The minimum Gasteiger partial charge on any atom is -0.453 e. The number of nitrogens with one attached hydrogen (secondary N) is 2. The van der Waals surface area contributed by atoms with Gasteiger partial charge in [0.15, 0.2) is 11.5 Å². The van der Waals surface area contributed by atoms with E-state index in [2.05, 4.69) is 14.2 Å². The average molecular weight is 677 g/mol. The second kappa shape index (κ2) is 12.1. The number of benzene rings is 4. The van der Waals surface area contributed by atoms with Crippen LogP contribution in [0.4, 0.5) is 30.2 Å². The average Bonchev–Trinajstić information content (AvgIpc) is 3.00. The number of sulfonamides is 1. The van der Waals surface area contributed by atoms with Crippen LogP contribution in [0.3, 0.4) is 0 Å². The fraction of sp³-hybridized carbons (Fsp3) is 0.200. The minimum atomic E-state index is -4.97. The molecule has 1 fully saturated rings. The molecular weight excluding hydrogens is 649 g/mol. The van der Waals surface area contributed by atoms with Crippen LogP contribution in [0.15, 0.2) is 108 Å². The van der Waals surface area contributed by atoms with Gasteiger partial charge in [0.05, 0.1) is 34.5 Å². The van der Waals surface area contributed by atoms with Crippen LogP contribution in [0, 0.1) is 0 Å². The number of anilines is 3. The first-order valence-corrected chi connectivity index (χ1v) is 16.8. The van der Waals surface area contributed by atoms with Gasteiger partial charge in [-0.1, -0.05) is 42.5 Å². The Hall–Kier alpha value is -4.35. The summed E-state index contributed by atoms with van der Waals surface area (Å²) >= 11 is 0. The highest BCUT2D eigenvalue weighted by molar-refractivity contribution is 7.90. The van der Waals surface area contributed by atoms with Crippen LogP contribution in [0.5, 0.6) is 17.2 Å². The maximum Gasteiger partial charge on any atom is 0.573 e. The number of fused-ring (bicyclic) bond motifs is 2. The van der Waals surface area contributed by atoms with Crippen LogP contribution >= 0.6 is 0 Å². The predicted molar refractivity (Wildman–Crippen MR) is 163 cm³/mol. The lowest BCUT2D eigenvalue weighted by molar-refractivity contribution is -0.274. The molecule has 0 aliphatic carbocycles. The van der Waals surface area contributed by atoms with Crippen LogP contribution in [0.25, 0.3) is 0 Å². The number of piperidine rings is 1. The standard InChI is InChI=1S/C30H27F3N4O7S2/c31-30(32,33)44-21-14-16-22(17-15-21)45(39,40)35-23-18-36(46(41,42)34-20-8-2-1-3-9-20)19-26(29(23)38)37-24-10-4-6-12-27(24)43-28-13-7-5-11-25(28)37/h1-17,23,26,29,34-35,38H,18-19H2/t23-,26+,29+/m1/s1. The first-order valence-electron chi connectivity index (χ1n) is 13.8. The highest BCUT2D eigenvalue weighted by atomic mass is 32.2. The lowest BCUT2D eigenvalue weighted by atomic mass is 9.96. The molecule has 0 amide bonds. The van der Waals surface area contributed by atoms with Crippen molar-refractivity contribution in [3.05, 3.63) is 103 Å². The number of ether oxygens (including phenoxy) is 2. The summed E-state index contributed by atoms with van der Waals surface area (Å²) in [7, 11) is -8.79. The summed E-state index contributed by atoms with van der Waals surface area (Å²) in [6, 6.07) is 23.1. The van der Waals surface area contributed by atoms with Gasteiger partial charge in [0.1, 0.15) is 5.75 Å². The highest BCUT2D eigenvalue weighted by Gasteiger charge is 2.46. The van der Waals surface area contributed by atoms with Gasteiger partial charge >= 0.3 is 16.6 Å². The molecule has 0 spiro atoms. The molecule has 11 nitrogen and oxygen atoms in total. The third-order valence-corrected chi connectivity index (χ3v) is 10.4. The smallest absolute Gasteiger partial charge is 0.453 e. The van der Waals surface area contributed by atoms with Crippen LogP contribution in [0.1, 0.15) is 0 Å². The molecule has 16 heteroatoms. The van der Waals surface area contributed by atoms with Gasteiger partial charge in [0, 0.05) is 18.8 Å². The Morgan fingerprint density at radius 1 is 0.783 bits per heavy atom. The summed E-state index contributed by atoms with van der Waals surface area (Å²) in [5, 5.41) is 11.8. The first kappa shape index (κ1) is 31.6. The zero-order chi connectivity index (χ0) is 32.7. The van der Waals surface area contributed by atoms with Gasteiger partial charge in [-0.2, -0.15) is 12.7 Å². The number of nitrogens with zero attached hydrogens (tertiary/aromatic N) is 2. The van der Waals surface area contributed by atoms with Crippen molar-refractivity contribution in [3.63, 3.8) is 0 Å². The zero-order valence-corrected chi connectivity index (χ0v) is 25.3. The molecule has 4 aromatic rings. The lowest BCUT2D eigenvalue weighted by Gasteiger charge is -2.47. The fourth-order valence-electron chi connectivity index (χ4n) is 5.42. The number of para-hydroxylation sites is 5. The molecule has 0 saturated carbocycles. The van der Waals surface area contributed by atoms with Crippen molar-refractivity contribution in [2.75, 3.05) is 22.7 Å². The van der Waals surface area contributed by atoms with Gasteiger partial charge in [0.2, 0.25) is 10.0 Å². The lowest BCUT2D eigenvalue weighted by Crippen LogP contribution is -2.66. The van der Waals surface area contributed by atoms with Crippen LogP contribution < -0.4 is 23.8 Å². The van der Waals surface area contributed by atoms with Gasteiger partial charge < -0.3 is 19.5 Å². The van der Waals surface area contributed by atoms with Crippen molar-refractivity contribution in [2.24, 2.45) is 0 Å². The number of hydrogen-bond donors (Lipinski definition) is 3. The van der Waals surface area contributed by atoms with Gasteiger partial charge in [-0.15, -0.1) is 13.2 Å². The Labute approximate surface area is 263 Å². The maximum absolute atomic E-state index is 13.7. The van der Waals surface area contributed by atoms with Crippen molar-refractivity contribution in [1.82, 2.24) is 9.03 Å². The SMILES string of the molecule is O=S(=O)(N[C@@H]1CN(S(=O)(=O)Nc2ccccc2)C[C@H](N2c3ccccc3Oc3ccccc32)[C@H]1O)c1ccc(OC(F)(F)F)cc1. The number of halogens is 3. The number of rotatable bonds is 8. The quantitative estimate of drug-likeness (QED) is 0.247. The van der Waals surface area contributed by atoms with E-state index in [0.29, 0.717) is 22.9 Å². The Bertz CT molecular complexity index is 1880. The summed E-state index contributed by atoms with van der Waals surface area (Å²) in [4.78, 5) is 1.29. The molecular formula is C30H27F3N4O7S2. The van der Waals surface area contributed by atoms with E-state index in [0.717, 1.165) is 28.6 Å². The van der Waals surface area contributed by atoms with E-state index in [1.54, 1.807) is 83.8 Å². The summed E-state index contributed by atoms with van der Waals surface area (Å²) in [5.41, 5.74) is 1.30. The molecule has 0 unspecified atom stereocenters. The molecule has 2 heterocycles. The van der Waals surface area contributed by atoms with Gasteiger partial charge in [-0.25, -0.2) is 13.1 Å². The number of hydrogen-bond acceptors (Lipinski definition) is 8. The van der Waals surface area contributed by atoms with Crippen LogP contribution in [-0.2, 0) is 20.2 Å². The van der Waals surface area contributed by atoms with E-state index in [-0.39, 0.29) is 12.2 Å². The maximum atomic E-state index is 13.7. The predicted octanol–water partition coefficient (Wildman–Crippen LogP) is 4.58. The molecule has 0 aromatic heterocycles. The summed E-state index contributed by atoms with van der Waals surface area (Å²) in [6.45, 7) is -0.727. The molecule has 242 valence electrons. The van der Waals surface area contributed by atoms with Crippen molar-refractivity contribution in [1.29, 1.82) is 0 Å². The Balaban J connectivity index is 1.37. The minimum absolute atomic E-state index is 0.256. The molecule has 4 aromatic carbocycles. The monoisotopic (exact) mass is 676 g/mol. The van der Waals surface area contributed by atoms with Crippen molar-refractivity contribution >= 4 is 37.3 Å². The highest BCUT2D eigenvalue weighted by Crippen LogP contribution is 2.48. The van der Waals surface area contributed by atoms with Gasteiger partial charge in [0.25, 0.3) is 0 Å².